The zero-order valence-corrected chi connectivity index (χ0v) is 7.86. The Morgan fingerprint density at radius 3 is 2.79 bits per heavy atom. The molecule has 2 aliphatic rings. The Bertz CT molecular complexity index is 302. The van der Waals surface area contributed by atoms with Crippen molar-refractivity contribution in [2.24, 2.45) is 4.99 Å². The minimum Gasteiger partial charge on any atom is -0.290 e. The fourth-order valence-corrected chi connectivity index (χ4v) is 2.44. The summed E-state index contributed by atoms with van der Waals surface area (Å²) in [5.74, 6) is -0.255. The van der Waals surface area contributed by atoms with Gasteiger partial charge in [0.15, 0.2) is 5.17 Å². The van der Waals surface area contributed by atoms with Crippen molar-refractivity contribution < 1.29 is 18.0 Å². The number of thioether (sulfide) groups is 1. The third-order valence-corrected chi connectivity index (χ3v) is 3.33. The lowest BCUT2D eigenvalue weighted by Gasteiger charge is -2.19. The Labute approximate surface area is 82.4 Å². The van der Waals surface area contributed by atoms with Crippen LogP contribution < -0.4 is 0 Å². The quantitative estimate of drug-likeness (QED) is 0.620. The third kappa shape index (κ3) is 1.60. The van der Waals surface area contributed by atoms with Crippen molar-refractivity contribution in [1.82, 2.24) is 4.90 Å². The van der Waals surface area contributed by atoms with Crippen LogP contribution in [0.3, 0.4) is 0 Å². The highest BCUT2D eigenvalue weighted by Crippen LogP contribution is 2.38. The van der Waals surface area contributed by atoms with Crippen LogP contribution >= 0.6 is 11.8 Å². The largest absolute Gasteiger partial charge is 0.402 e. The number of carbonyl (C=O) groups is 1. The lowest BCUT2D eigenvalue weighted by atomic mass is 10.3. The van der Waals surface area contributed by atoms with E-state index in [2.05, 4.69) is 4.99 Å². The first-order chi connectivity index (χ1) is 6.48. The zero-order valence-electron chi connectivity index (χ0n) is 7.04. The molecule has 1 fully saturated rings. The molecule has 0 N–H and O–H groups in total. The van der Waals surface area contributed by atoms with Gasteiger partial charge in [0.2, 0.25) is 5.91 Å². The minimum atomic E-state index is -4.26. The van der Waals surface area contributed by atoms with Gasteiger partial charge >= 0.3 is 6.18 Å². The van der Waals surface area contributed by atoms with E-state index >= 15 is 0 Å². The van der Waals surface area contributed by atoms with Crippen LogP contribution in [0, 0.1) is 0 Å². The monoisotopic (exact) mass is 224 g/mol. The molecule has 0 aromatic heterocycles. The molecule has 2 heterocycles. The van der Waals surface area contributed by atoms with E-state index in [4.69, 9.17) is 0 Å². The molecular formula is C7H7F3N2OS. The van der Waals surface area contributed by atoms with E-state index in [1.165, 1.54) is 0 Å². The Morgan fingerprint density at radius 1 is 1.50 bits per heavy atom. The van der Waals surface area contributed by atoms with Crippen LogP contribution in [0.25, 0.3) is 0 Å². The van der Waals surface area contributed by atoms with E-state index in [0.717, 1.165) is 4.90 Å². The van der Waals surface area contributed by atoms with Crippen molar-refractivity contribution in [1.29, 1.82) is 0 Å². The maximum absolute atomic E-state index is 12.3. The van der Waals surface area contributed by atoms with Crippen LogP contribution in [-0.4, -0.2) is 40.5 Å². The minimum absolute atomic E-state index is 0.217. The summed E-state index contributed by atoms with van der Waals surface area (Å²) in [7, 11) is 0. The molecule has 1 atom stereocenters. The molecule has 0 bridgehead atoms. The molecule has 2 rings (SSSR count). The Morgan fingerprint density at radius 2 is 2.21 bits per heavy atom. The molecule has 1 unspecified atom stereocenters. The van der Waals surface area contributed by atoms with Gasteiger partial charge in [-0.2, -0.15) is 13.2 Å². The first-order valence-electron chi connectivity index (χ1n) is 4.06. The van der Waals surface area contributed by atoms with Crippen molar-refractivity contribution in [3.8, 4) is 0 Å². The number of amidine groups is 1. The van der Waals surface area contributed by atoms with E-state index < -0.39 is 11.4 Å². The predicted octanol–water partition coefficient (Wildman–Crippen LogP) is 1.25. The summed E-state index contributed by atoms with van der Waals surface area (Å²) in [6, 6.07) is 0. The van der Waals surface area contributed by atoms with Gasteiger partial charge in [-0.25, -0.2) is 0 Å². The van der Waals surface area contributed by atoms with Crippen LogP contribution in [0.1, 0.15) is 6.42 Å². The molecular weight excluding hydrogens is 217 g/mol. The molecule has 14 heavy (non-hydrogen) atoms. The van der Waals surface area contributed by atoms with Crippen molar-refractivity contribution in [3.63, 3.8) is 0 Å². The van der Waals surface area contributed by atoms with Crippen LogP contribution in [0.15, 0.2) is 4.99 Å². The van der Waals surface area contributed by atoms with Crippen molar-refractivity contribution in [2.75, 3.05) is 13.1 Å². The van der Waals surface area contributed by atoms with E-state index in [-0.39, 0.29) is 24.0 Å². The molecule has 1 amide bonds. The number of alkyl halides is 3. The average Bonchev–Trinajstić information content (AvgIpc) is 2.48. The van der Waals surface area contributed by atoms with Gasteiger partial charge in [0.1, 0.15) is 5.25 Å². The van der Waals surface area contributed by atoms with Gasteiger partial charge in [0.05, 0.1) is 6.54 Å². The molecule has 2 aliphatic heterocycles. The van der Waals surface area contributed by atoms with Gasteiger partial charge in [-0.1, -0.05) is 11.8 Å². The Balaban J connectivity index is 2.17. The fourth-order valence-electron chi connectivity index (χ4n) is 1.36. The van der Waals surface area contributed by atoms with Crippen molar-refractivity contribution in [2.45, 2.75) is 17.8 Å². The number of fused-ring (bicyclic) bond motifs is 1. The molecule has 78 valence electrons. The summed E-state index contributed by atoms with van der Waals surface area (Å²) in [4.78, 5) is 16.2. The number of rotatable bonds is 0. The predicted molar refractivity (Wildman–Crippen MR) is 46.1 cm³/mol. The standard InChI is InChI=1S/C7H7F3N2OS/c8-7(9,10)4-3-12-5(13)1-2-11-6(12)14-4/h4H,1-3H2. The molecule has 7 heteroatoms. The van der Waals surface area contributed by atoms with E-state index in [9.17, 15) is 18.0 Å². The molecule has 0 aliphatic carbocycles. The highest BCUT2D eigenvalue weighted by Gasteiger charge is 2.49. The summed E-state index contributed by atoms with van der Waals surface area (Å²) < 4.78 is 36.9. The van der Waals surface area contributed by atoms with Crippen molar-refractivity contribution in [3.05, 3.63) is 0 Å². The number of nitrogens with zero attached hydrogens (tertiary/aromatic N) is 2. The molecule has 0 aromatic rings. The summed E-state index contributed by atoms with van der Waals surface area (Å²) in [6.07, 6.45) is -4.04. The summed E-state index contributed by atoms with van der Waals surface area (Å²) in [6.45, 7) is 0.0219. The van der Waals surface area contributed by atoms with Gasteiger partial charge in [-0.05, 0) is 0 Å². The topological polar surface area (TPSA) is 32.7 Å². The zero-order chi connectivity index (χ0) is 10.3. The smallest absolute Gasteiger partial charge is 0.290 e. The Hall–Kier alpha value is -0.720. The highest BCUT2D eigenvalue weighted by atomic mass is 32.2. The molecule has 0 aromatic carbocycles. The van der Waals surface area contributed by atoms with Crippen molar-refractivity contribution >= 4 is 22.8 Å². The third-order valence-electron chi connectivity index (χ3n) is 2.07. The van der Waals surface area contributed by atoms with E-state index in [1.807, 2.05) is 0 Å². The summed E-state index contributed by atoms with van der Waals surface area (Å²) in [5.41, 5.74) is 0. The van der Waals surface area contributed by atoms with Gasteiger partial charge in [-0.3, -0.25) is 14.7 Å². The summed E-state index contributed by atoms with van der Waals surface area (Å²) in [5, 5.41) is -1.29. The fraction of sp³-hybridized carbons (Fsp3) is 0.714. The lowest BCUT2D eigenvalue weighted by molar-refractivity contribution is -0.136. The molecule has 3 nitrogen and oxygen atoms in total. The maximum atomic E-state index is 12.3. The van der Waals surface area contributed by atoms with E-state index in [1.54, 1.807) is 0 Å². The lowest BCUT2D eigenvalue weighted by Crippen LogP contribution is -2.38. The van der Waals surface area contributed by atoms with Gasteiger partial charge in [0, 0.05) is 13.0 Å². The molecule has 1 saturated heterocycles. The van der Waals surface area contributed by atoms with Gasteiger partial charge in [-0.15, -0.1) is 0 Å². The second-order valence-corrected chi connectivity index (χ2v) is 4.24. The van der Waals surface area contributed by atoms with Gasteiger partial charge in [0.25, 0.3) is 0 Å². The number of amides is 1. The number of aliphatic imine (C=N–C) groups is 1. The molecule has 0 radical (unpaired) electrons. The number of halogens is 3. The normalized spacial score (nSPS) is 27.6. The average molecular weight is 224 g/mol. The van der Waals surface area contributed by atoms with E-state index in [0.29, 0.717) is 18.3 Å². The maximum Gasteiger partial charge on any atom is 0.402 e. The number of hydrogen-bond acceptors (Lipinski definition) is 3. The SMILES string of the molecule is O=C1CCN=C2SC(C(F)(F)F)CN12. The second kappa shape index (κ2) is 3.15. The van der Waals surface area contributed by atoms with Gasteiger partial charge < -0.3 is 0 Å². The summed E-state index contributed by atoms with van der Waals surface area (Å²) >= 11 is 0.635. The van der Waals surface area contributed by atoms with Crippen LogP contribution in [0.5, 0.6) is 0 Å². The van der Waals surface area contributed by atoms with Crippen LogP contribution in [0.2, 0.25) is 0 Å². The first-order valence-corrected chi connectivity index (χ1v) is 4.94. The van der Waals surface area contributed by atoms with Crippen LogP contribution in [0.4, 0.5) is 13.2 Å². The molecule has 0 spiro atoms. The second-order valence-electron chi connectivity index (χ2n) is 3.07. The number of carbonyl (C=O) groups excluding carboxylic acids is 1. The van der Waals surface area contributed by atoms with Crippen LogP contribution in [-0.2, 0) is 4.79 Å². The molecule has 0 saturated carbocycles. The Kier molecular flexibility index (Phi) is 2.21. The number of hydrogen-bond donors (Lipinski definition) is 0. The highest BCUT2D eigenvalue weighted by molar-refractivity contribution is 8.14. The first kappa shape index (κ1) is 9.82.